The zero-order valence-corrected chi connectivity index (χ0v) is 14.5. The molecule has 0 radical (unpaired) electrons. The summed E-state index contributed by atoms with van der Waals surface area (Å²) in [4.78, 5) is 2.78. The van der Waals surface area contributed by atoms with Crippen LogP contribution in [0.15, 0.2) is 0 Å². The molecule has 0 aromatic rings. The van der Waals surface area contributed by atoms with Crippen molar-refractivity contribution in [3.8, 4) is 0 Å². The maximum atomic E-state index is 5.18. The topological polar surface area (TPSA) is 24.5 Å². The summed E-state index contributed by atoms with van der Waals surface area (Å²) in [6.07, 6.45) is 9.84. The lowest BCUT2D eigenvalue weighted by Crippen LogP contribution is -2.50. The zero-order chi connectivity index (χ0) is 15.1. The van der Waals surface area contributed by atoms with Gasteiger partial charge in [-0.2, -0.15) is 0 Å². The maximum Gasteiger partial charge on any atom is 0.0587 e. The lowest BCUT2D eigenvalue weighted by Gasteiger charge is -2.46. The normalized spacial score (nSPS) is 35.0. The van der Waals surface area contributed by atoms with Gasteiger partial charge in [0.15, 0.2) is 0 Å². The third-order valence-electron chi connectivity index (χ3n) is 5.80. The van der Waals surface area contributed by atoms with Gasteiger partial charge in [0.1, 0.15) is 0 Å². The number of rotatable bonds is 7. The Labute approximate surface area is 131 Å². The number of methoxy groups -OCH3 is 1. The van der Waals surface area contributed by atoms with E-state index in [2.05, 4.69) is 24.1 Å². The predicted molar refractivity (Wildman–Crippen MR) is 89.7 cm³/mol. The van der Waals surface area contributed by atoms with Crippen molar-refractivity contribution in [2.45, 2.75) is 64.8 Å². The number of nitrogens with one attached hydrogen (secondary N) is 1. The van der Waals surface area contributed by atoms with Crippen molar-refractivity contribution in [1.29, 1.82) is 0 Å². The van der Waals surface area contributed by atoms with E-state index in [0.717, 1.165) is 25.1 Å². The van der Waals surface area contributed by atoms with Gasteiger partial charge in [0.2, 0.25) is 0 Å². The summed E-state index contributed by atoms with van der Waals surface area (Å²) in [5.74, 6) is 0.927. The number of hydrogen-bond acceptors (Lipinski definition) is 3. The van der Waals surface area contributed by atoms with Gasteiger partial charge in [-0.1, -0.05) is 26.2 Å². The van der Waals surface area contributed by atoms with Crippen LogP contribution < -0.4 is 5.32 Å². The van der Waals surface area contributed by atoms with E-state index >= 15 is 0 Å². The van der Waals surface area contributed by atoms with Gasteiger partial charge in [0.25, 0.3) is 0 Å². The van der Waals surface area contributed by atoms with Crippen molar-refractivity contribution in [3.05, 3.63) is 0 Å². The quantitative estimate of drug-likeness (QED) is 0.730. The monoisotopic (exact) mass is 296 g/mol. The second kappa shape index (κ2) is 8.50. The Bertz CT molecular complexity index is 287. The molecule has 2 fully saturated rings. The molecule has 1 aliphatic carbocycles. The van der Waals surface area contributed by atoms with Gasteiger partial charge in [-0.25, -0.2) is 0 Å². The molecule has 3 nitrogen and oxygen atoms in total. The molecular formula is C18H36N2O. The highest BCUT2D eigenvalue weighted by atomic mass is 16.5. The molecule has 1 unspecified atom stereocenters. The minimum Gasteiger partial charge on any atom is -0.383 e. The summed E-state index contributed by atoms with van der Waals surface area (Å²) in [5, 5.41) is 3.66. The smallest absolute Gasteiger partial charge is 0.0587 e. The molecule has 0 spiro atoms. The summed E-state index contributed by atoms with van der Waals surface area (Å²) in [5.41, 5.74) is 0.506. The van der Waals surface area contributed by atoms with E-state index in [1.807, 2.05) is 0 Å². The Morgan fingerprint density at radius 2 is 1.90 bits per heavy atom. The highest BCUT2D eigenvalue weighted by molar-refractivity contribution is 4.91. The molecule has 1 saturated carbocycles. The van der Waals surface area contributed by atoms with Crippen LogP contribution in [0.25, 0.3) is 0 Å². The molecule has 2 rings (SSSR count). The Kier molecular flexibility index (Phi) is 6.97. The first-order valence-corrected chi connectivity index (χ1v) is 9.09. The second-order valence-electron chi connectivity index (χ2n) is 7.67. The number of nitrogens with zero attached hydrogens (tertiary/aromatic N) is 1. The van der Waals surface area contributed by atoms with Gasteiger partial charge in [0.05, 0.1) is 6.61 Å². The Balaban J connectivity index is 1.90. The van der Waals surface area contributed by atoms with E-state index in [9.17, 15) is 0 Å². The Morgan fingerprint density at radius 1 is 1.14 bits per heavy atom. The molecule has 1 atom stereocenters. The van der Waals surface area contributed by atoms with E-state index in [-0.39, 0.29) is 0 Å². The van der Waals surface area contributed by atoms with Crippen LogP contribution in [-0.4, -0.2) is 50.8 Å². The van der Waals surface area contributed by atoms with Crippen LogP contribution in [0.5, 0.6) is 0 Å². The molecule has 0 aromatic carbocycles. The average Bonchev–Trinajstić information content (AvgIpc) is 2.49. The van der Waals surface area contributed by atoms with Gasteiger partial charge in [-0.15, -0.1) is 0 Å². The van der Waals surface area contributed by atoms with Crippen molar-refractivity contribution in [2.75, 3.05) is 39.9 Å². The average molecular weight is 296 g/mol. The number of ether oxygens (including phenoxy) is 1. The van der Waals surface area contributed by atoms with Gasteiger partial charge in [-0.3, -0.25) is 0 Å². The van der Waals surface area contributed by atoms with E-state index in [1.165, 1.54) is 64.6 Å². The minimum atomic E-state index is 0.506. The molecule has 1 aliphatic heterocycles. The van der Waals surface area contributed by atoms with Crippen LogP contribution in [0.1, 0.15) is 58.8 Å². The first kappa shape index (κ1) is 17.2. The third kappa shape index (κ3) is 5.22. The lowest BCUT2D eigenvalue weighted by atomic mass is 9.70. The Hall–Kier alpha value is -0.120. The van der Waals surface area contributed by atoms with E-state index in [1.54, 1.807) is 7.11 Å². The van der Waals surface area contributed by atoms with Crippen LogP contribution in [0.4, 0.5) is 0 Å². The third-order valence-corrected chi connectivity index (χ3v) is 5.80. The molecule has 1 N–H and O–H groups in total. The molecular weight excluding hydrogens is 260 g/mol. The molecule has 1 heterocycles. The van der Waals surface area contributed by atoms with Crippen molar-refractivity contribution in [3.63, 3.8) is 0 Å². The number of piperidine rings is 1. The van der Waals surface area contributed by atoms with Crippen molar-refractivity contribution < 1.29 is 4.74 Å². The molecule has 124 valence electrons. The van der Waals surface area contributed by atoms with Gasteiger partial charge in [-0.05, 0) is 50.5 Å². The van der Waals surface area contributed by atoms with Gasteiger partial charge < -0.3 is 15.0 Å². The van der Waals surface area contributed by atoms with E-state index in [0.29, 0.717) is 5.41 Å². The van der Waals surface area contributed by atoms with Crippen LogP contribution in [0.3, 0.4) is 0 Å². The van der Waals surface area contributed by atoms with E-state index < -0.39 is 0 Å². The second-order valence-corrected chi connectivity index (χ2v) is 7.67. The van der Waals surface area contributed by atoms with Crippen molar-refractivity contribution in [2.24, 2.45) is 11.3 Å². The van der Waals surface area contributed by atoms with Gasteiger partial charge in [0, 0.05) is 32.8 Å². The molecule has 3 heteroatoms. The number of likely N-dealkylation sites (tertiary alicyclic amines) is 1. The predicted octanol–water partition coefficient (Wildman–Crippen LogP) is 3.29. The molecule has 0 amide bonds. The number of hydrogen-bond donors (Lipinski definition) is 1. The summed E-state index contributed by atoms with van der Waals surface area (Å²) in [6.45, 7) is 10.5. The summed E-state index contributed by atoms with van der Waals surface area (Å²) in [6, 6.07) is 0.786. The van der Waals surface area contributed by atoms with Gasteiger partial charge >= 0.3 is 0 Å². The molecule has 21 heavy (non-hydrogen) atoms. The SMILES string of the molecule is COCCNCC1(CN2CCCCC2C)CCC(C)CC1. The highest BCUT2D eigenvalue weighted by Gasteiger charge is 2.36. The Morgan fingerprint density at radius 3 is 2.57 bits per heavy atom. The fourth-order valence-corrected chi connectivity index (χ4v) is 4.12. The largest absolute Gasteiger partial charge is 0.383 e. The van der Waals surface area contributed by atoms with Crippen molar-refractivity contribution in [1.82, 2.24) is 10.2 Å². The first-order chi connectivity index (χ1) is 10.2. The molecule has 0 aromatic heterocycles. The fraction of sp³-hybridized carbons (Fsp3) is 1.00. The lowest BCUT2D eigenvalue weighted by molar-refractivity contribution is 0.0499. The zero-order valence-electron chi connectivity index (χ0n) is 14.5. The minimum absolute atomic E-state index is 0.506. The van der Waals surface area contributed by atoms with Crippen LogP contribution in [0.2, 0.25) is 0 Å². The first-order valence-electron chi connectivity index (χ1n) is 9.09. The fourth-order valence-electron chi connectivity index (χ4n) is 4.12. The molecule has 1 saturated heterocycles. The summed E-state index contributed by atoms with van der Waals surface area (Å²) < 4.78 is 5.18. The van der Waals surface area contributed by atoms with E-state index in [4.69, 9.17) is 4.74 Å². The highest BCUT2D eigenvalue weighted by Crippen LogP contribution is 2.40. The van der Waals surface area contributed by atoms with Crippen LogP contribution in [-0.2, 0) is 4.74 Å². The molecule has 0 bridgehead atoms. The standard InChI is InChI=1S/C18H36N2O/c1-16-7-9-18(10-8-16,14-19-11-13-21-3)15-20-12-5-4-6-17(20)2/h16-17,19H,4-15H2,1-3H3. The molecule has 2 aliphatic rings. The van der Waals surface area contributed by atoms with Crippen molar-refractivity contribution >= 4 is 0 Å². The summed E-state index contributed by atoms with van der Waals surface area (Å²) >= 11 is 0. The maximum absolute atomic E-state index is 5.18. The van der Waals surface area contributed by atoms with Crippen LogP contribution in [0, 0.1) is 11.3 Å². The summed E-state index contributed by atoms with van der Waals surface area (Å²) in [7, 11) is 1.79. The van der Waals surface area contributed by atoms with Crippen LogP contribution >= 0.6 is 0 Å².